The molecule has 2 rings (SSSR count). The van der Waals surface area contributed by atoms with E-state index in [2.05, 4.69) is 21.2 Å². The number of hydrogen-bond donors (Lipinski definition) is 1. The second kappa shape index (κ2) is 6.77. The van der Waals surface area contributed by atoms with Gasteiger partial charge in [0.25, 0.3) is 5.91 Å². The van der Waals surface area contributed by atoms with Crippen LogP contribution in [0.1, 0.15) is 6.92 Å². The van der Waals surface area contributed by atoms with E-state index in [1.165, 1.54) is 0 Å². The second-order valence-corrected chi connectivity index (χ2v) is 5.56. The van der Waals surface area contributed by atoms with Crippen LogP contribution in [0.25, 0.3) is 0 Å². The summed E-state index contributed by atoms with van der Waals surface area (Å²) >= 11 is 9.13. The van der Waals surface area contributed by atoms with Crippen LogP contribution in [0.3, 0.4) is 0 Å². The van der Waals surface area contributed by atoms with Crippen LogP contribution in [0.2, 0.25) is 5.02 Å². The molecule has 1 unspecified atom stereocenters. The fourth-order valence-corrected chi connectivity index (χ4v) is 1.94. The van der Waals surface area contributed by atoms with Gasteiger partial charge in [-0.25, -0.2) is 0 Å². The number of nitrogens with one attached hydrogen (secondary N) is 1. The zero-order chi connectivity index (χ0) is 14.5. The number of carbonyl (C=O) groups excluding carboxylic acids is 1. The Morgan fingerprint density at radius 3 is 2.35 bits per heavy atom. The predicted octanol–water partition coefficient (Wildman–Crippen LogP) is 4.51. The molecule has 2 aromatic carbocycles. The first-order valence-corrected chi connectivity index (χ1v) is 7.20. The maximum atomic E-state index is 12.0. The average molecular weight is 355 g/mol. The zero-order valence-electron chi connectivity index (χ0n) is 10.8. The van der Waals surface area contributed by atoms with Crippen LogP contribution < -0.4 is 10.1 Å². The highest BCUT2D eigenvalue weighted by molar-refractivity contribution is 9.10. The maximum absolute atomic E-state index is 12.0. The summed E-state index contributed by atoms with van der Waals surface area (Å²) in [5.41, 5.74) is 0.727. The van der Waals surface area contributed by atoms with Gasteiger partial charge < -0.3 is 10.1 Å². The van der Waals surface area contributed by atoms with E-state index in [1.807, 2.05) is 24.3 Å². The Morgan fingerprint density at radius 1 is 1.15 bits per heavy atom. The van der Waals surface area contributed by atoms with E-state index in [1.54, 1.807) is 31.2 Å². The molecule has 1 amide bonds. The normalized spacial score (nSPS) is 11.8. The minimum absolute atomic E-state index is 0.206. The molecular weight excluding hydrogens is 342 g/mol. The van der Waals surface area contributed by atoms with Crippen LogP contribution in [0.4, 0.5) is 5.69 Å². The summed E-state index contributed by atoms with van der Waals surface area (Å²) in [4.78, 5) is 12.0. The molecule has 2 aromatic rings. The first kappa shape index (κ1) is 14.9. The quantitative estimate of drug-likeness (QED) is 0.877. The number of anilines is 1. The summed E-state index contributed by atoms with van der Waals surface area (Å²) in [6.45, 7) is 1.70. The molecule has 1 N–H and O–H groups in total. The van der Waals surface area contributed by atoms with E-state index in [9.17, 15) is 4.79 Å². The van der Waals surface area contributed by atoms with Crippen molar-refractivity contribution in [3.63, 3.8) is 0 Å². The topological polar surface area (TPSA) is 38.3 Å². The largest absolute Gasteiger partial charge is 0.481 e. The van der Waals surface area contributed by atoms with Crippen LogP contribution in [0.15, 0.2) is 53.0 Å². The lowest BCUT2D eigenvalue weighted by Crippen LogP contribution is -2.30. The third-order valence-electron chi connectivity index (χ3n) is 2.61. The highest BCUT2D eigenvalue weighted by Crippen LogP contribution is 2.18. The van der Waals surface area contributed by atoms with Gasteiger partial charge in [-0.15, -0.1) is 0 Å². The first-order chi connectivity index (χ1) is 9.54. The van der Waals surface area contributed by atoms with Gasteiger partial charge in [0.1, 0.15) is 5.75 Å². The molecule has 5 heteroatoms. The lowest BCUT2D eigenvalue weighted by atomic mass is 10.3. The van der Waals surface area contributed by atoms with Crippen molar-refractivity contribution in [2.45, 2.75) is 13.0 Å². The Bertz CT molecular complexity index is 584. The van der Waals surface area contributed by atoms with Crippen LogP contribution in [0.5, 0.6) is 5.75 Å². The molecule has 0 bridgehead atoms. The van der Waals surface area contributed by atoms with Crippen molar-refractivity contribution in [1.82, 2.24) is 0 Å². The molecule has 20 heavy (non-hydrogen) atoms. The molecule has 0 aliphatic carbocycles. The van der Waals surface area contributed by atoms with Crippen molar-refractivity contribution in [3.8, 4) is 5.75 Å². The molecule has 0 fully saturated rings. The third-order valence-corrected chi connectivity index (χ3v) is 3.39. The zero-order valence-corrected chi connectivity index (χ0v) is 13.1. The Balaban J connectivity index is 1.94. The molecule has 0 spiro atoms. The van der Waals surface area contributed by atoms with Gasteiger partial charge in [-0.05, 0) is 55.5 Å². The number of halogens is 2. The molecule has 3 nitrogen and oxygen atoms in total. The van der Waals surface area contributed by atoms with Crippen molar-refractivity contribution in [1.29, 1.82) is 0 Å². The molecule has 0 radical (unpaired) electrons. The summed E-state index contributed by atoms with van der Waals surface area (Å²) in [6, 6.07) is 14.2. The van der Waals surface area contributed by atoms with E-state index in [0.717, 1.165) is 10.2 Å². The summed E-state index contributed by atoms with van der Waals surface area (Å²) in [5, 5.41) is 3.42. The Morgan fingerprint density at radius 2 is 1.75 bits per heavy atom. The van der Waals surface area contributed by atoms with Crippen molar-refractivity contribution < 1.29 is 9.53 Å². The molecule has 1 atom stereocenters. The van der Waals surface area contributed by atoms with Crippen LogP contribution in [0, 0.1) is 0 Å². The molecular formula is C15H13BrClNO2. The van der Waals surface area contributed by atoms with Gasteiger partial charge in [0, 0.05) is 15.2 Å². The van der Waals surface area contributed by atoms with Gasteiger partial charge in [0.2, 0.25) is 0 Å². The minimum atomic E-state index is -0.597. The average Bonchev–Trinajstić information content (AvgIpc) is 2.44. The summed E-state index contributed by atoms with van der Waals surface area (Å²) in [6.07, 6.45) is -0.597. The van der Waals surface area contributed by atoms with Crippen LogP contribution in [-0.4, -0.2) is 12.0 Å². The lowest BCUT2D eigenvalue weighted by molar-refractivity contribution is -0.122. The van der Waals surface area contributed by atoms with E-state index < -0.39 is 6.10 Å². The minimum Gasteiger partial charge on any atom is -0.481 e. The molecule has 0 heterocycles. The SMILES string of the molecule is CC(Oc1ccc(Cl)cc1)C(=O)Nc1ccc(Br)cc1. The molecule has 0 aromatic heterocycles. The highest BCUT2D eigenvalue weighted by atomic mass is 79.9. The number of amides is 1. The number of hydrogen-bond acceptors (Lipinski definition) is 2. The Hall–Kier alpha value is -1.52. The van der Waals surface area contributed by atoms with E-state index in [-0.39, 0.29) is 5.91 Å². The number of rotatable bonds is 4. The van der Waals surface area contributed by atoms with E-state index >= 15 is 0 Å². The van der Waals surface area contributed by atoms with Crippen molar-refractivity contribution in [2.75, 3.05) is 5.32 Å². The molecule has 0 aliphatic rings. The highest BCUT2D eigenvalue weighted by Gasteiger charge is 2.14. The Labute approximate surface area is 131 Å². The van der Waals surface area contributed by atoms with E-state index in [4.69, 9.17) is 16.3 Å². The van der Waals surface area contributed by atoms with Gasteiger partial charge in [0.15, 0.2) is 6.10 Å². The molecule has 0 aliphatic heterocycles. The summed E-state index contributed by atoms with van der Waals surface area (Å²) in [7, 11) is 0. The number of ether oxygens (including phenoxy) is 1. The fraction of sp³-hybridized carbons (Fsp3) is 0.133. The smallest absolute Gasteiger partial charge is 0.265 e. The summed E-state index contributed by atoms with van der Waals surface area (Å²) in [5.74, 6) is 0.398. The lowest BCUT2D eigenvalue weighted by Gasteiger charge is -2.14. The van der Waals surface area contributed by atoms with Gasteiger partial charge >= 0.3 is 0 Å². The van der Waals surface area contributed by atoms with Gasteiger partial charge in [-0.1, -0.05) is 27.5 Å². The second-order valence-electron chi connectivity index (χ2n) is 4.21. The van der Waals surface area contributed by atoms with Crippen molar-refractivity contribution >= 4 is 39.1 Å². The van der Waals surface area contributed by atoms with Gasteiger partial charge in [-0.2, -0.15) is 0 Å². The number of benzene rings is 2. The Kier molecular flexibility index (Phi) is 5.04. The van der Waals surface area contributed by atoms with Crippen LogP contribution in [-0.2, 0) is 4.79 Å². The predicted molar refractivity (Wildman–Crippen MR) is 84.3 cm³/mol. The molecule has 104 valence electrons. The summed E-state index contributed by atoms with van der Waals surface area (Å²) < 4.78 is 6.51. The maximum Gasteiger partial charge on any atom is 0.265 e. The van der Waals surface area contributed by atoms with Crippen molar-refractivity contribution in [3.05, 3.63) is 58.0 Å². The van der Waals surface area contributed by atoms with E-state index in [0.29, 0.717) is 10.8 Å². The fourth-order valence-electron chi connectivity index (χ4n) is 1.55. The first-order valence-electron chi connectivity index (χ1n) is 6.03. The standard InChI is InChI=1S/C15H13BrClNO2/c1-10(20-14-8-4-12(17)5-9-14)15(19)18-13-6-2-11(16)3-7-13/h2-10H,1H3,(H,18,19). The number of carbonyl (C=O) groups is 1. The molecule has 0 saturated heterocycles. The third kappa shape index (κ3) is 4.25. The molecule has 0 saturated carbocycles. The van der Waals surface area contributed by atoms with Gasteiger partial charge in [-0.3, -0.25) is 4.79 Å². The van der Waals surface area contributed by atoms with Crippen LogP contribution >= 0.6 is 27.5 Å². The van der Waals surface area contributed by atoms with Crippen molar-refractivity contribution in [2.24, 2.45) is 0 Å². The van der Waals surface area contributed by atoms with Gasteiger partial charge in [0.05, 0.1) is 0 Å². The monoisotopic (exact) mass is 353 g/mol.